The molecule has 3 aromatic rings. The first-order chi connectivity index (χ1) is 13.4. The summed E-state index contributed by atoms with van der Waals surface area (Å²) >= 11 is 0. The van der Waals surface area contributed by atoms with Gasteiger partial charge in [0, 0.05) is 18.4 Å². The second kappa shape index (κ2) is 7.13. The molecule has 1 atom stereocenters. The molecule has 0 radical (unpaired) electrons. The van der Waals surface area contributed by atoms with Gasteiger partial charge in [-0.2, -0.15) is 5.10 Å². The number of hydrogen-bond donors (Lipinski definition) is 0. The zero-order chi connectivity index (χ0) is 19.9. The normalized spacial score (nSPS) is 16.3. The quantitative estimate of drug-likeness (QED) is 0.608. The molecule has 1 aliphatic rings. The summed E-state index contributed by atoms with van der Waals surface area (Å²) in [6, 6.07) is 12.8. The maximum absolute atomic E-state index is 13.5. The van der Waals surface area contributed by atoms with Crippen LogP contribution < -0.4 is 0 Å². The van der Waals surface area contributed by atoms with Crippen molar-refractivity contribution in [3.05, 3.63) is 53.3 Å². The molecule has 0 spiro atoms. The number of nitrogens with zero attached hydrogens (tertiary/aromatic N) is 4. The van der Waals surface area contributed by atoms with Gasteiger partial charge in [0.05, 0.1) is 36.7 Å². The smallest absolute Gasteiger partial charge is 0.260 e. The van der Waals surface area contributed by atoms with Crippen LogP contribution >= 0.6 is 0 Å². The number of aromatic nitrogens is 3. The molecule has 4 rings (SSSR count). The Labute approximate surface area is 166 Å². The van der Waals surface area contributed by atoms with Crippen LogP contribution in [0.2, 0.25) is 0 Å². The van der Waals surface area contributed by atoms with Crippen LogP contribution in [0.4, 0.5) is 0 Å². The van der Waals surface area contributed by atoms with Gasteiger partial charge in [-0.05, 0) is 32.4 Å². The molecule has 0 N–H and O–H groups in total. The summed E-state index contributed by atoms with van der Waals surface area (Å²) in [5.41, 5.74) is 5.72. The molecule has 1 aliphatic carbocycles. The Morgan fingerprint density at radius 1 is 1.14 bits per heavy atom. The second-order valence-corrected chi connectivity index (χ2v) is 8.31. The molecule has 1 aromatic carbocycles. The number of hydrogen-bond acceptors (Lipinski definition) is 3. The molecule has 2 aromatic heterocycles. The van der Waals surface area contributed by atoms with Gasteiger partial charge in [-0.15, -0.1) is 0 Å². The van der Waals surface area contributed by atoms with Crippen molar-refractivity contribution in [3.63, 3.8) is 0 Å². The van der Waals surface area contributed by atoms with Crippen molar-refractivity contribution in [2.75, 3.05) is 13.6 Å². The molecule has 1 saturated carbocycles. The lowest BCUT2D eigenvalue weighted by atomic mass is 10.1. The van der Waals surface area contributed by atoms with Crippen molar-refractivity contribution >= 4 is 11.6 Å². The standard InChI is InChI=1S/C23H29N4O/c1-5-14-27(4,19-11-12-19)22(28)15-20-23(18-9-6-16(2)7-10-18)24-21-13-8-17(3)25-26(20)21/h6-10,13,19H,5,11-12,14-15H2,1-4H3/q+1. The number of fused-ring (bicyclic) bond motifs is 1. The summed E-state index contributed by atoms with van der Waals surface area (Å²) in [4.78, 5) is 18.3. The van der Waals surface area contributed by atoms with Gasteiger partial charge in [0.1, 0.15) is 6.42 Å². The van der Waals surface area contributed by atoms with Gasteiger partial charge in [-0.25, -0.2) is 14.3 Å². The Morgan fingerprint density at radius 2 is 1.86 bits per heavy atom. The minimum Gasteiger partial charge on any atom is -0.260 e. The first-order valence-corrected chi connectivity index (χ1v) is 10.2. The molecule has 1 fully saturated rings. The van der Waals surface area contributed by atoms with Crippen molar-refractivity contribution in [2.45, 2.75) is 52.5 Å². The number of rotatable bonds is 6. The van der Waals surface area contributed by atoms with E-state index in [0.29, 0.717) is 16.9 Å². The van der Waals surface area contributed by atoms with Crippen molar-refractivity contribution in [1.29, 1.82) is 0 Å². The summed E-state index contributed by atoms with van der Waals surface area (Å²) in [5, 5.41) is 4.68. The van der Waals surface area contributed by atoms with E-state index in [1.54, 1.807) is 0 Å². The van der Waals surface area contributed by atoms with Crippen molar-refractivity contribution in [1.82, 2.24) is 14.6 Å². The molecule has 0 aliphatic heterocycles. The third kappa shape index (κ3) is 3.35. The number of likely N-dealkylation sites (N-methyl/N-ethyl adjacent to an activating group) is 1. The van der Waals surface area contributed by atoms with E-state index >= 15 is 0 Å². The fourth-order valence-corrected chi connectivity index (χ4v) is 4.12. The molecule has 28 heavy (non-hydrogen) atoms. The van der Waals surface area contributed by atoms with Crippen LogP contribution in [0, 0.1) is 13.8 Å². The predicted octanol–water partition coefficient (Wildman–Crippen LogP) is 4.10. The molecule has 1 unspecified atom stereocenters. The Bertz CT molecular complexity index is 1020. The third-order valence-electron chi connectivity index (χ3n) is 5.96. The van der Waals surface area contributed by atoms with Gasteiger partial charge in [-0.3, -0.25) is 4.48 Å². The van der Waals surface area contributed by atoms with Crippen molar-refractivity contribution in [3.8, 4) is 11.3 Å². The minimum absolute atomic E-state index is 0.266. The number of carbonyl (C=O) groups is 1. The number of benzene rings is 1. The zero-order valence-corrected chi connectivity index (χ0v) is 17.3. The molecule has 2 heterocycles. The summed E-state index contributed by atoms with van der Waals surface area (Å²) in [6.45, 7) is 7.10. The number of carbonyl (C=O) groups excluding carboxylic acids is 1. The maximum atomic E-state index is 13.5. The average Bonchev–Trinajstić information content (AvgIpc) is 3.47. The first-order valence-electron chi connectivity index (χ1n) is 10.2. The highest BCUT2D eigenvalue weighted by Gasteiger charge is 2.46. The predicted molar refractivity (Wildman–Crippen MR) is 111 cm³/mol. The summed E-state index contributed by atoms with van der Waals surface area (Å²) in [6.07, 6.45) is 3.66. The SMILES string of the molecule is CCC[N+](C)(C(=O)Cc1c(-c2ccc(C)cc2)nc2ccc(C)nn12)C1CC1. The topological polar surface area (TPSA) is 47.3 Å². The molecular formula is C23H29N4O+. The molecule has 0 saturated heterocycles. The van der Waals surface area contributed by atoms with Crippen LogP contribution in [0.25, 0.3) is 16.9 Å². The number of amides is 1. The summed E-state index contributed by atoms with van der Waals surface area (Å²) in [7, 11) is 2.11. The molecule has 1 amide bonds. The van der Waals surface area contributed by atoms with Gasteiger partial charge < -0.3 is 0 Å². The van der Waals surface area contributed by atoms with Crippen molar-refractivity contribution < 1.29 is 9.28 Å². The molecule has 0 bridgehead atoms. The van der Waals surface area contributed by atoms with E-state index < -0.39 is 0 Å². The average molecular weight is 378 g/mol. The molecule has 5 nitrogen and oxygen atoms in total. The van der Waals surface area contributed by atoms with E-state index in [2.05, 4.69) is 50.3 Å². The molecular weight excluding hydrogens is 348 g/mol. The molecule has 5 heteroatoms. The van der Waals surface area contributed by atoms with Crippen molar-refractivity contribution in [2.24, 2.45) is 0 Å². The van der Waals surface area contributed by atoms with Gasteiger partial charge in [0.25, 0.3) is 0 Å². The lowest BCUT2D eigenvalue weighted by Gasteiger charge is -2.31. The Morgan fingerprint density at radius 3 is 2.50 bits per heavy atom. The van der Waals surface area contributed by atoms with Crippen LogP contribution in [0.5, 0.6) is 0 Å². The van der Waals surface area contributed by atoms with E-state index in [-0.39, 0.29) is 5.91 Å². The molecule has 146 valence electrons. The fourth-order valence-electron chi connectivity index (χ4n) is 4.12. The maximum Gasteiger partial charge on any atom is 0.319 e. The van der Waals surface area contributed by atoms with Crippen LogP contribution in [0.3, 0.4) is 0 Å². The van der Waals surface area contributed by atoms with Gasteiger partial charge in [0.15, 0.2) is 5.65 Å². The van der Waals surface area contributed by atoms with Crippen LogP contribution in [0.15, 0.2) is 36.4 Å². The lowest BCUT2D eigenvalue weighted by Crippen LogP contribution is -2.52. The highest BCUT2D eigenvalue weighted by molar-refractivity contribution is 5.77. The zero-order valence-electron chi connectivity index (χ0n) is 17.3. The van der Waals surface area contributed by atoms with Gasteiger partial charge >= 0.3 is 5.91 Å². The van der Waals surface area contributed by atoms with Crippen LogP contribution in [-0.2, 0) is 11.2 Å². The van der Waals surface area contributed by atoms with Gasteiger partial charge in [0.2, 0.25) is 0 Å². The highest BCUT2D eigenvalue weighted by atomic mass is 16.2. The van der Waals surface area contributed by atoms with Crippen LogP contribution in [0.1, 0.15) is 43.1 Å². The monoisotopic (exact) mass is 377 g/mol. The summed E-state index contributed by atoms with van der Waals surface area (Å²) < 4.78 is 2.40. The lowest BCUT2D eigenvalue weighted by molar-refractivity contribution is -0.845. The third-order valence-corrected chi connectivity index (χ3v) is 5.96. The van der Waals surface area contributed by atoms with Gasteiger partial charge in [-0.1, -0.05) is 36.8 Å². The number of aryl methyl sites for hydroxylation is 2. The minimum atomic E-state index is 0.266. The largest absolute Gasteiger partial charge is 0.319 e. The van der Waals surface area contributed by atoms with E-state index in [9.17, 15) is 4.79 Å². The Hall–Kier alpha value is -2.53. The Balaban J connectivity index is 1.80. The highest BCUT2D eigenvalue weighted by Crippen LogP contribution is 2.34. The van der Waals surface area contributed by atoms with E-state index in [0.717, 1.165) is 54.1 Å². The number of quaternary nitrogens is 1. The fraction of sp³-hybridized carbons (Fsp3) is 0.435. The Kier molecular flexibility index (Phi) is 4.79. The van der Waals surface area contributed by atoms with E-state index in [1.807, 2.05) is 23.6 Å². The number of imidazole rings is 1. The second-order valence-electron chi connectivity index (χ2n) is 8.31. The van der Waals surface area contributed by atoms with E-state index in [1.165, 1.54) is 5.56 Å². The van der Waals surface area contributed by atoms with Crippen LogP contribution in [-0.4, -0.2) is 44.6 Å². The summed E-state index contributed by atoms with van der Waals surface area (Å²) in [5.74, 6) is 0.266. The van der Waals surface area contributed by atoms with E-state index in [4.69, 9.17) is 4.98 Å². The first kappa shape index (κ1) is 18.8.